The molecule has 0 aliphatic rings. The molecule has 0 fully saturated rings. The molecule has 144 valence electrons. The molecule has 0 aromatic heterocycles. The van der Waals surface area contributed by atoms with Crippen molar-refractivity contribution in [1.82, 2.24) is 4.90 Å². The molecule has 0 aliphatic carbocycles. The summed E-state index contributed by atoms with van der Waals surface area (Å²) in [6.07, 6.45) is 24.3. The van der Waals surface area contributed by atoms with E-state index in [0.29, 0.717) is 0 Å². The summed E-state index contributed by atoms with van der Waals surface area (Å²) >= 11 is 0. The second-order valence-electron chi connectivity index (χ2n) is 7.70. The Kier molecular flexibility index (Phi) is 18.4. The summed E-state index contributed by atoms with van der Waals surface area (Å²) in [5, 5.41) is 0. The van der Waals surface area contributed by atoms with Gasteiger partial charge in [0.15, 0.2) is 0 Å². The van der Waals surface area contributed by atoms with Crippen LogP contribution in [0.5, 0.6) is 0 Å². The first-order valence-electron chi connectivity index (χ1n) is 10.9. The van der Waals surface area contributed by atoms with Crippen molar-refractivity contribution >= 4 is 5.91 Å². The lowest BCUT2D eigenvalue weighted by atomic mass is 10.0. The average molecular weight is 340 g/mol. The van der Waals surface area contributed by atoms with E-state index in [9.17, 15) is 4.79 Å². The Balaban J connectivity index is 3.04. The Bertz CT molecular complexity index is 263. The van der Waals surface area contributed by atoms with Crippen molar-refractivity contribution < 1.29 is 4.79 Å². The second-order valence-corrected chi connectivity index (χ2v) is 7.70. The third kappa shape index (κ3) is 17.8. The molecule has 0 saturated heterocycles. The molecule has 0 aliphatic heterocycles. The predicted octanol–water partition coefficient (Wildman–Crippen LogP) is 7.12. The van der Waals surface area contributed by atoms with Crippen molar-refractivity contribution in [3.05, 3.63) is 0 Å². The number of hydrogen-bond acceptors (Lipinski definition) is 1. The minimum absolute atomic E-state index is 0.274. The molecule has 0 N–H and O–H groups in total. The molecule has 0 bridgehead atoms. The van der Waals surface area contributed by atoms with Gasteiger partial charge in [0.1, 0.15) is 0 Å². The van der Waals surface area contributed by atoms with E-state index in [4.69, 9.17) is 0 Å². The smallest absolute Gasteiger partial charge is 0.222 e. The molecule has 0 rings (SSSR count). The topological polar surface area (TPSA) is 20.3 Å². The molecular formula is C22H45NO. The van der Waals surface area contributed by atoms with Crippen molar-refractivity contribution in [2.75, 3.05) is 14.1 Å². The second kappa shape index (κ2) is 18.8. The number of hydrogen-bond donors (Lipinski definition) is 0. The molecule has 1 amide bonds. The number of nitrogens with zero attached hydrogens (tertiary/aromatic N) is 1. The first kappa shape index (κ1) is 23.5. The molecule has 2 nitrogen and oxygen atoms in total. The highest BCUT2D eigenvalue weighted by molar-refractivity contribution is 5.75. The third-order valence-corrected chi connectivity index (χ3v) is 4.99. The van der Waals surface area contributed by atoms with E-state index in [0.717, 1.165) is 12.8 Å². The van der Waals surface area contributed by atoms with E-state index in [1.54, 1.807) is 4.90 Å². The monoisotopic (exact) mass is 339 g/mol. The summed E-state index contributed by atoms with van der Waals surface area (Å²) in [5.41, 5.74) is 0. The van der Waals surface area contributed by atoms with Crippen LogP contribution >= 0.6 is 0 Å². The summed E-state index contributed by atoms with van der Waals surface area (Å²) in [5.74, 6) is 0.274. The van der Waals surface area contributed by atoms with Crippen molar-refractivity contribution in [3.8, 4) is 0 Å². The quantitative estimate of drug-likeness (QED) is 0.243. The number of carbonyl (C=O) groups is 1. The van der Waals surface area contributed by atoms with Crippen LogP contribution in [-0.2, 0) is 4.79 Å². The fourth-order valence-electron chi connectivity index (χ4n) is 3.22. The van der Waals surface area contributed by atoms with Gasteiger partial charge in [-0.1, -0.05) is 110 Å². The molecule has 0 spiro atoms. The zero-order valence-corrected chi connectivity index (χ0v) is 17.1. The van der Waals surface area contributed by atoms with Gasteiger partial charge in [-0.15, -0.1) is 0 Å². The van der Waals surface area contributed by atoms with Crippen molar-refractivity contribution in [2.24, 2.45) is 0 Å². The third-order valence-electron chi connectivity index (χ3n) is 4.99. The predicted molar refractivity (Wildman–Crippen MR) is 107 cm³/mol. The van der Waals surface area contributed by atoms with Gasteiger partial charge in [-0.05, 0) is 6.42 Å². The first-order valence-corrected chi connectivity index (χ1v) is 10.9. The van der Waals surface area contributed by atoms with Crippen LogP contribution in [0, 0.1) is 0 Å². The van der Waals surface area contributed by atoms with E-state index in [-0.39, 0.29) is 5.91 Å². The summed E-state index contributed by atoms with van der Waals surface area (Å²) in [4.78, 5) is 13.1. The lowest BCUT2D eigenvalue weighted by Gasteiger charge is -2.09. The van der Waals surface area contributed by atoms with Crippen LogP contribution in [0.3, 0.4) is 0 Å². The van der Waals surface area contributed by atoms with Gasteiger partial charge in [0.05, 0.1) is 0 Å². The minimum atomic E-state index is 0.274. The van der Waals surface area contributed by atoms with E-state index >= 15 is 0 Å². The Morgan fingerprint density at radius 2 is 0.833 bits per heavy atom. The fourth-order valence-corrected chi connectivity index (χ4v) is 3.22. The molecule has 0 aromatic carbocycles. The van der Waals surface area contributed by atoms with E-state index in [1.165, 1.54) is 103 Å². The SMILES string of the molecule is CCCCCCCCCCCCCCCCCCCC(=O)N(C)C. The van der Waals surface area contributed by atoms with Crippen LogP contribution in [0.25, 0.3) is 0 Å². The fraction of sp³-hybridized carbons (Fsp3) is 0.955. The molecule has 24 heavy (non-hydrogen) atoms. The van der Waals surface area contributed by atoms with Gasteiger partial charge >= 0.3 is 0 Å². The van der Waals surface area contributed by atoms with Crippen molar-refractivity contribution in [2.45, 2.75) is 122 Å². The van der Waals surface area contributed by atoms with Crippen LogP contribution in [0.15, 0.2) is 0 Å². The van der Waals surface area contributed by atoms with E-state index < -0.39 is 0 Å². The molecule has 2 heteroatoms. The van der Waals surface area contributed by atoms with Crippen LogP contribution in [0.2, 0.25) is 0 Å². The highest BCUT2D eigenvalue weighted by atomic mass is 16.2. The van der Waals surface area contributed by atoms with Gasteiger partial charge in [0.2, 0.25) is 5.91 Å². The Labute approximate surface area is 152 Å². The average Bonchev–Trinajstić information content (AvgIpc) is 2.57. The number of rotatable bonds is 18. The standard InChI is InChI=1S/C22H45NO/c1-4-5-6-7-8-9-10-11-12-13-14-15-16-17-18-19-20-21-22(24)23(2)3/h4-21H2,1-3H3. The van der Waals surface area contributed by atoms with Crippen LogP contribution in [0.1, 0.15) is 122 Å². The van der Waals surface area contributed by atoms with E-state index in [1.807, 2.05) is 14.1 Å². The van der Waals surface area contributed by atoms with Crippen molar-refractivity contribution in [1.29, 1.82) is 0 Å². The maximum atomic E-state index is 11.4. The normalized spacial score (nSPS) is 11.0. The maximum Gasteiger partial charge on any atom is 0.222 e. The zero-order chi connectivity index (χ0) is 17.9. The highest BCUT2D eigenvalue weighted by Crippen LogP contribution is 2.14. The molecular weight excluding hydrogens is 294 g/mol. The summed E-state index contributed by atoms with van der Waals surface area (Å²) < 4.78 is 0. The molecule has 0 saturated carbocycles. The maximum absolute atomic E-state index is 11.4. The molecule has 0 heterocycles. The number of carbonyl (C=O) groups excluding carboxylic acids is 1. The summed E-state index contributed by atoms with van der Waals surface area (Å²) in [7, 11) is 3.69. The zero-order valence-electron chi connectivity index (χ0n) is 17.1. The van der Waals surface area contributed by atoms with Gasteiger partial charge in [0, 0.05) is 20.5 Å². The van der Waals surface area contributed by atoms with Crippen LogP contribution in [-0.4, -0.2) is 24.9 Å². The first-order chi connectivity index (χ1) is 11.7. The number of unbranched alkanes of at least 4 members (excludes halogenated alkanes) is 16. The molecule has 0 unspecified atom stereocenters. The Hall–Kier alpha value is -0.530. The molecule has 0 aromatic rings. The van der Waals surface area contributed by atoms with Gasteiger partial charge < -0.3 is 4.90 Å². The lowest BCUT2D eigenvalue weighted by Crippen LogP contribution is -2.20. The lowest BCUT2D eigenvalue weighted by molar-refractivity contribution is -0.128. The minimum Gasteiger partial charge on any atom is -0.349 e. The van der Waals surface area contributed by atoms with Gasteiger partial charge in [-0.25, -0.2) is 0 Å². The largest absolute Gasteiger partial charge is 0.349 e. The molecule has 0 radical (unpaired) electrons. The van der Waals surface area contributed by atoms with Crippen LogP contribution < -0.4 is 0 Å². The summed E-state index contributed by atoms with van der Waals surface area (Å²) in [6.45, 7) is 2.29. The van der Waals surface area contributed by atoms with Crippen molar-refractivity contribution in [3.63, 3.8) is 0 Å². The summed E-state index contributed by atoms with van der Waals surface area (Å²) in [6, 6.07) is 0. The molecule has 0 atom stereocenters. The Morgan fingerprint density at radius 3 is 1.12 bits per heavy atom. The van der Waals surface area contributed by atoms with E-state index in [2.05, 4.69) is 6.92 Å². The van der Waals surface area contributed by atoms with Gasteiger partial charge in [-0.2, -0.15) is 0 Å². The van der Waals surface area contributed by atoms with Gasteiger partial charge in [0.25, 0.3) is 0 Å². The highest BCUT2D eigenvalue weighted by Gasteiger charge is 2.02. The number of amides is 1. The van der Waals surface area contributed by atoms with Crippen LogP contribution in [0.4, 0.5) is 0 Å². The van der Waals surface area contributed by atoms with Gasteiger partial charge in [-0.3, -0.25) is 4.79 Å². The Morgan fingerprint density at radius 1 is 0.542 bits per heavy atom.